The van der Waals surface area contributed by atoms with Gasteiger partial charge in [-0.25, -0.2) is 9.18 Å². The highest BCUT2D eigenvalue weighted by atomic mass is 19.1. The molecule has 184 valence electrons. The monoisotopic (exact) mass is 456 g/mol. The summed E-state index contributed by atoms with van der Waals surface area (Å²) in [6, 6.07) is 5.45. The van der Waals surface area contributed by atoms with Gasteiger partial charge in [-0.2, -0.15) is 0 Å². The molecule has 0 atom stereocenters. The normalized spacial score (nSPS) is 18.8. The number of benzene rings is 1. The van der Waals surface area contributed by atoms with Gasteiger partial charge in [-0.1, -0.05) is 115 Å². The van der Waals surface area contributed by atoms with Crippen molar-refractivity contribution < 1.29 is 8.81 Å². The summed E-state index contributed by atoms with van der Waals surface area (Å²) in [6.07, 6.45) is 22.5. The van der Waals surface area contributed by atoms with Crippen molar-refractivity contribution >= 4 is 10.8 Å². The summed E-state index contributed by atoms with van der Waals surface area (Å²) < 4.78 is 20.1. The number of hydrogen-bond donors (Lipinski definition) is 0. The van der Waals surface area contributed by atoms with Crippen molar-refractivity contribution in [1.82, 2.24) is 0 Å². The van der Waals surface area contributed by atoms with Crippen LogP contribution >= 0.6 is 0 Å². The van der Waals surface area contributed by atoms with Crippen molar-refractivity contribution in [3.05, 3.63) is 45.8 Å². The maximum atomic E-state index is 14.9. The number of fused-ring (bicyclic) bond motifs is 1. The summed E-state index contributed by atoms with van der Waals surface area (Å²) in [5.74, 6) is 1.74. The summed E-state index contributed by atoms with van der Waals surface area (Å²) in [7, 11) is 0. The lowest BCUT2D eigenvalue weighted by Gasteiger charge is -2.28. The van der Waals surface area contributed by atoms with Gasteiger partial charge in [0.25, 0.3) is 0 Å². The number of halogens is 1. The van der Waals surface area contributed by atoms with Crippen molar-refractivity contribution in [3.8, 4) is 0 Å². The lowest BCUT2D eigenvalue weighted by molar-refractivity contribution is 0.248. The van der Waals surface area contributed by atoms with Crippen LogP contribution in [0.3, 0.4) is 0 Å². The van der Waals surface area contributed by atoms with E-state index in [9.17, 15) is 9.18 Å². The molecule has 33 heavy (non-hydrogen) atoms. The van der Waals surface area contributed by atoms with Gasteiger partial charge in [0.15, 0.2) is 0 Å². The molecule has 1 aliphatic rings. The largest absolute Gasteiger partial charge is 0.428 e. The highest BCUT2D eigenvalue weighted by molar-refractivity contribution is 5.82. The Balaban J connectivity index is 1.30. The summed E-state index contributed by atoms with van der Waals surface area (Å²) in [6.45, 7) is 4.00. The van der Waals surface area contributed by atoms with Gasteiger partial charge in [-0.15, -0.1) is 0 Å². The van der Waals surface area contributed by atoms with Crippen LogP contribution in [0.4, 0.5) is 4.39 Å². The van der Waals surface area contributed by atoms with Crippen molar-refractivity contribution in [3.63, 3.8) is 0 Å². The van der Waals surface area contributed by atoms with Crippen LogP contribution in [-0.4, -0.2) is 0 Å². The second kappa shape index (κ2) is 13.9. The molecule has 0 saturated heterocycles. The van der Waals surface area contributed by atoms with Crippen LogP contribution < -0.4 is 5.63 Å². The van der Waals surface area contributed by atoms with E-state index < -0.39 is 5.63 Å². The molecule has 1 saturated carbocycles. The first kappa shape index (κ1) is 26.0. The predicted molar refractivity (Wildman–Crippen MR) is 137 cm³/mol. The van der Waals surface area contributed by atoms with E-state index in [1.807, 2.05) is 12.1 Å². The Morgan fingerprint density at radius 1 is 0.848 bits per heavy atom. The van der Waals surface area contributed by atoms with Gasteiger partial charge in [-0.05, 0) is 48.6 Å². The molecule has 0 amide bonds. The van der Waals surface area contributed by atoms with E-state index in [4.69, 9.17) is 4.42 Å². The maximum Gasteiger partial charge on any atom is 0.346 e. The van der Waals surface area contributed by atoms with E-state index in [2.05, 4.69) is 6.92 Å². The Morgan fingerprint density at radius 3 is 2.06 bits per heavy atom. The minimum atomic E-state index is -0.558. The molecule has 1 aromatic heterocycles. The fourth-order valence-corrected chi connectivity index (χ4v) is 5.69. The van der Waals surface area contributed by atoms with Gasteiger partial charge in [-0.3, -0.25) is 0 Å². The molecule has 0 N–H and O–H groups in total. The second-order valence-electron chi connectivity index (χ2n) is 10.5. The van der Waals surface area contributed by atoms with E-state index in [0.717, 1.165) is 12.3 Å². The molecule has 1 fully saturated rings. The third kappa shape index (κ3) is 8.26. The molecule has 2 nitrogen and oxygen atoms in total. The van der Waals surface area contributed by atoms with E-state index in [-0.39, 0.29) is 11.2 Å². The van der Waals surface area contributed by atoms with E-state index in [0.29, 0.717) is 29.0 Å². The minimum absolute atomic E-state index is 0.110. The number of aryl methyl sites for hydroxylation is 2. The Kier molecular flexibility index (Phi) is 11.0. The zero-order valence-corrected chi connectivity index (χ0v) is 21.1. The van der Waals surface area contributed by atoms with Gasteiger partial charge in [0.1, 0.15) is 17.0 Å². The first-order valence-electron chi connectivity index (χ1n) is 13.8. The number of unbranched alkanes of at least 4 members (excludes halogenated alkanes) is 9. The SMILES string of the molecule is CCCCCCCCCCCCC1CCC(CCc2ccc3cc(C)oc(=O)c3c2F)CC1. The molecule has 0 spiro atoms. The Morgan fingerprint density at radius 2 is 1.42 bits per heavy atom. The van der Waals surface area contributed by atoms with Gasteiger partial charge in [0.2, 0.25) is 0 Å². The second-order valence-corrected chi connectivity index (χ2v) is 10.5. The van der Waals surface area contributed by atoms with E-state index >= 15 is 0 Å². The predicted octanol–water partition coefficient (Wildman–Crippen LogP) is 9.29. The molecule has 0 radical (unpaired) electrons. The summed E-state index contributed by atoms with van der Waals surface area (Å²) in [5, 5.41) is 0.746. The first-order chi connectivity index (χ1) is 16.1. The van der Waals surface area contributed by atoms with E-state index in [1.165, 1.54) is 96.3 Å². The molecular formula is C30H45FO2. The smallest absolute Gasteiger partial charge is 0.346 e. The Labute approximate surface area is 200 Å². The molecule has 3 heteroatoms. The zero-order valence-electron chi connectivity index (χ0n) is 21.1. The average molecular weight is 457 g/mol. The third-order valence-corrected chi connectivity index (χ3v) is 7.82. The maximum absolute atomic E-state index is 14.9. The van der Waals surface area contributed by atoms with Crippen LogP contribution in [0, 0.1) is 24.6 Å². The fraction of sp³-hybridized carbons (Fsp3) is 0.700. The minimum Gasteiger partial charge on any atom is -0.428 e. The molecule has 3 rings (SSSR count). The van der Waals surface area contributed by atoms with Gasteiger partial charge in [0.05, 0.1) is 0 Å². The van der Waals surface area contributed by atoms with Crippen molar-refractivity contribution in [1.29, 1.82) is 0 Å². The molecule has 1 aromatic carbocycles. The quantitative estimate of drug-likeness (QED) is 0.265. The Bertz CT molecular complexity index is 892. The standard InChI is InChI=1S/C30H45FO2/c1-3-4-5-6-7-8-9-10-11-12-13-24-14-16-25(17-15-24)18-19-26-20-21-27-22-23(2)33-30(32)28(27)29(26)31/h20-22,24-25H,3-19H2,1-2H3. The lowest BCUT2D eigenvalue weighted by atomic mass is 9.77. The summed E-state index contributed by atoms with van der Waals surface area (Å²) >= 11 is 0. The van der Waals surface area contributed by atoms with Crippen LogP contribution in [0.5, 0.6) is 0 Å². The van der Waals surface area contributed by atoms with Crippen LogP contribution in [0.2, 0.25) is 0 Å². The third-order valence-electron chi connectivity index (χ3n) is 7.82. The molecule has 0 aliphatic heterocycles. The lowest BCUT2D eigenvalue weighted by Crippen LogP contribution is -2.15. The highest BCUT2D eigenvalue weighted by Gasteiger charge is 2.21. The van der Waals surface area contributed by atoms with Crippen LogP contribution in [0.15, 0.2) is 27.4 Å². The van der Waals surface area contributed by atoms with Crippen molar-refractivity contribution in [2.75, 3.05) is 0 Å². The zero-order chi connectivity index (χ0) is 23.5. The van der Waals surface area contributed by atoms with Gasteiger partial charge >= 0.3 is 5.63 Å². The van der Waals surface area contributed by atoms with E-state index in [1.54, 1.807) is 13.0 Å². The topological polar surface area (TPSA) is 30.2 Å². The fourth-order valence-electron chi connectivity index (χ4n) is 5.69. The van der Waals surface area contributed by atoms with Crippen molar-refractivity contribution in [2.24, 2.45) is 11.8 Å². The molecular weight excluding hydrogens is 411 g/mol. The summed E-state index contributed by atoms with van der Waals surface area (Å²) in [4.78, 5) is 12.1. The number of hydrogen-bond acceptors (Lipinski definition) is 2. The van der Waals surface area contributed by atoms with Crippen LogP contribution in [-0.2, 0) is 6.42 Å². The van der Waals surface area contributed by atoms with Gasteiger partial charge < -0.3 is 4.42 Å². The van der Waals surface area contributed by atoms with Crippen LogP contribution in [0.1, 0.15) is 121 Å². The molecule has 0 unspecified atom stereocenters. The molecule has 2 aromatic rings. The average Bonchev–Trinajstić information content (AvgIpc) is 2.80. The molecule has 1 heterocycles. The van der Waals surface area contributed by atoms with Gasteiger partial charge in [0, 0.05) is 0 Å². The highest BCUT2D eigenvalue weighted by Crippen LogP contribution is 2.35. The molecule has 0 bridgehead atoms. The first-order valence-corrected chi connectivity index (χ1v) is 13.8. The van der Waals surface area contributed by atoms with Crippen molar-refractivity contribution in [2.45, 2.75) is 123 Å². The number of rotatable bonds is 14. The van der Waals surface area contributed by atoms with Crippen LogP contribution in [0.25, 0.3) is 10.8 Å². The molecule has 1 aliphatic carbocycles. The summed E-state index contributed by atoms with van der Waals surface area (Å²) in [5.41, 5.74) is 0.1000. The Hall–Kier alpha value is -1.64.